The molecule has 38 heavy (non-hydrogen) atoms. The molecule has 6 nitrogen and oxygen atoms in total. The number of halogens is 4. The molecule has 0 radical (unpaired) electrons. The van der Waals surface area contributed by atoms with E-state index in [1.165, 1.54) is 18.0 Å². The third kappa shape index (κ3) is 7.64. The zero-order chi connectivity index (χ0) is 27.3. The smallest absolute Gasteiger partial charge is 0.382 e. The van der Waals surface area contributed by atoms with Crippen molar-refractivity contribution in [2.45, 2.75) is 42.8 Å². The van der Waals surface area contributed by atoms with Crippen LogP contribution in [-0.2, 0) is 21.8 Å². The van der Waals surface area contributed by atoms with Gasteiger partial charge in [0.1, 0.15) is 0 Å². The van der Waals surface area contributed by atoms with Crippen LogP contribution in [0.1, 0.15) is 31.2 Å². The van der Waals surface area contributed by atoms with Crippen molar-refractivity contribution >= 4 is 39.7 Å². The number of alkyl halides is 3. The molecule has 1 N–H and O–H groups in total. The quantitative estimate of drug-likeness (QED) is 0.478. The highest BCUT2D eigenvalue weighted by Crippen LogP contribution is 2.35. The number of rotatable bonds is 8. The number of benzene rings is 2. The van der Waals surface area contributed by atoms with E-state index in [-0.39, 0.29) is 16.8 Å². The third-order valence-electron chi connectivity index (χ3n) is 7.24. The van der Waals surface area contributed by atoms with Gasteiger partial charge in [-0.1, -0.05) is 11.6 Å². The van der Waals surface area contributed by atoms with Gasteiger partial charge in [-0.05, 0) is 68.3 Å². The van der Waals surface area contributed by atoms with Gasteiger partial charge in [-0.25, -0.2) is 0 Å². The molecule has 0 aromatic heterocycles. The lowest BCUT2D eigenvalue weighted by Gasteiger charge is -2.36. The molecule has 2 saturated heterocycles. The van der Waals surface area contributed by atoms with Crippen LogP contribution in [0.15, 0.2) is 47.4 Å². The minimum Gasteiger partial charge on any atom is -0.382 e. The number of hydrogen-bond acceptors (Lipinski definition) is 5. The summed E-state index contributed by atoms with van der Waals surface area (Å²) in [4.78, 5) is 19.1. The van der Waals surface area contributed by atoms with E-state index in [2.05, 4.69) is 15.1 Å². The zero-order valence-electron chi connectivity index (χ0n) is 21.5. The molecule has 2 aromatic rings. The van der Waals surface area contributed by atoms with Crippen molar-refractivity contribution in [3.63, 3.8) is 0 Å². The first-order valence-corrected chi connectivity index (χ1v) is 14.9. The molecule has 2 aromatic carbocycles. The minimum atomic E-state index is -4.57. The molecular weight excluding hydrogens is 537 g/mol. The Morgan fingerprint density at radius 1 is 1.03 bits per heavy atom. The molecular formula is C27H34ClF3N4O2S. The number of likely N-dealkylation sites (tertiary alicyclic amines) is 1. The van der Waals surface area contributed by atoms with Gasteiger partial charge in [-0.3, -0.25) is 13.9 Å². The fourth-order valence-electron chi connectivity index (χ4n) is 5.09. The van der Waals surface area contributed by atoms with E-state index in [0.29, 0.717) is 38.0 Å². The van der Waals surface area contributed by atoms with Crippen LogP contribution in [0.25, 0.3) is 0 Å². The summed E-state index contributed by atoms with van der Waals surface area (Å²) < 4.78 is 51.9. The monoisotopic (exact) mass is 570 g/mol. The predicted octanol–water partition coefficient (Wildman–Crippen LogP) is 5.10. The van der Waals surface area contributed by atoms with E-state index in [0.717, 1.165) is 50.2 Å². The fraction of sp³-hybridized carbons (Fsp3) is 0.519. The molecule has 11 heteroatoms. The Balaban J connectivity index is 1.17. The van der Waals surface area contributed by atoms with Gasteiger partial charge in [0.15, 0.2) is 0 Å². The maximum Gasteiger partial charge on any atom is 0.417 e. The topological polar surface area (TPSA) is 55.9 Å². The number of nitrogens with one attached hydrogen (secondary N) is 1. The van der Waals surface area contributed by atoms with Crippen molar-refractivity contribution in [2.75, 3.05) is 62.3 Å². The summed E-state index contributed by atoms with van der Waals surface area (Å²) in [5.74, 6) is 0.136. The average molecular weight is 571 g/mol. The molecule has 2 heterocycles. The molecule has 4 rings (SSSR count). The Labute approximate surface area is 229 Å². The number of amides is 1. The molecule has 2 fully saturated rings. The maximum atomic E-state index is 13.4. The summed E-state index contributed by atoms with van der Waals surface area (Å²) in [5, 5.41) is 3.90. The standard InChI is InChI=1S/C27H34ClF3N4O2S/c1-38(37)25-9-6-22(19-24(25)27(29,30)31)32-21-10-13-35(14-11-21)26(36)3-2-12-33-15-17-34(18-16-33)23-7-4-20(28)5-8-23/h4-9,19,21,32H,2-3,10-18H2,1H3. The van der Waals surface area contributed by atoms with Crippen molar-refractivity contribution < 1.29 is 22.2 Å². The van der Waals surface area contributed by atoms with Gasteiger partial charge in [0.2, 0.25) is 5.91 Å². The minimum absolute atomic E-state index is 0.0185. The Kier molecular flexibility index (Phi) is 9.59. The summed E-state index contributed by atoms with van der Waals surface area (Å²) in [6.45, 7) is 5.86. The number of nitrogens with zero attached hydrogens (tertiary/aromatic N) is 3. The van der Waals surface area contributed by atoms with E-state index >= 15 is 0 Å². The lowest BCUT2D eigenvalue weighted by atomic mass is 10.0. The molecule has 2 aliphatic rings. The Morgan fingerprint density at radius 3 is 2.29 bits per heavy atom. The number of carbonyl (C=O) groups is 1. The van der Waals surface area contributed by atoms with Crippen LogP contribution in [-0.4, -0.2) is 78.0 Å². The van der Waals surface area contributed by atoms with E-state index in [9.17, 15) is 22.2 Å². The Bertz CT molecular complexity index is 1120. The zero-order valence-corrected chi connectivity index (χ0v) is 23.0. The third-order valence-corrected chi connectivity index (χ3v) is 8.47. The van der Waals surface area contributed by atoms with Gasteiger partial charge in [0.25, 0.3) is 0 Å². The number of hydrogen-bond donors (Lipinski definition) is 1. The SMILES string of the molecule is CS(=O)c1ccc(NC2CCN(C(=O)CCCN3CCN(c4ccc(Cl)cc4)CC3)CC2)cc1C(F)(F)F. The maximum absolute atomic E-state index is 13.4. The van der Waals surface area contributed by atoms with E-state index in [1.54, 1.807) is 6.07 Å². The predicted molar refractivity (Wildman–Crippen MR) is 146 cm³/mol. The molecule has 0 saturated carbocycles. The van der Waals surface area contributed by atoms with E-state index in [4.69, 9.17) is 11.6 Å². The van der Waals surface area contributed by atoms with Crippen LogP contribution < -0.4 is 10.2 Å². The highest BCUT2D eigenvalue weighted by molar-refractivity contribution is 7.84. The van der Waals surface area contributed by atoms with Gasteiger partial charge in [0, 0.05) is 74.4 Å². The summed E-state index contributed by atoms with van der Waals surface area (Å²) in [6, 6.07) is 11.7. The second kappa shape index (κ2) is 12.7. The highest BCUT2D eigenvalue weighted by Gasteiger charge is 2.35. The van der Waals surface area contributed by atoms with Gasteiger partial charge >= 0.3 is 6.18 Å². The molecule has 1 unspecified atom stereocenters. The molecule has 2 aliphatic heterocycles. The summed E-state index contributed by atoms with van der Waals surface area (Å²) in [5.41, 5.74) is 0.659. The Hall–Kier alpha value is -2.30. The summed E-state index contributed by atoms with van der Waals surface area (Å²) >= 11 is 5.98. The number of piperidine rings is 1. The molecule has 1 atom stereocenters. The summed E-state index contributed by atoms with van der Waals surface area (Å²) in [6.07, 6.45) is -0.683. The molecule has 0 aliphatic carbocycles. The second-order valence-electron chi connectivity index (χ2n) is 9.87. The van der Waals surface area contributed by atoms with Crippen LogP contribution >= 0.6 is 11.6 Å². The largest absolute Gasteiger partial charge is 0.417 e. The lowest BCUT2D eigenvalue weighted by molar-refractivity contribution is -0.139. The van der Waals surface area contributed by atoms with Gasteiger partial charge < -0.3 is 15.1 Å². The normalized spacial score (nSPS) is 18.4. The van der Waals surface area contributed by atoms with Gasteiger partial charge in [-0.2, -0.15) is 13.2 Å². The molecule has 0 spiro atoms. The first-order valence-electron chi connectivity index (χ1n) is 12.9. The van der Waals surface area contributed by atoms with Gasteiger partial charge in [0.05, 0.1) is 21.3 Å². The van der Waals surface area contributed by atoms with Crippen LogP contribution in [0, 0.1) is 0 Å². The summed E-state index contributed by atoms with van der Waals surface area (Å²) in [7, 11) is -1.73. The number of carbonyl (C=O) groups excluding carboxylic acids is 1. The lowest BCUT2D eigenvalue weighted by Crippen LogP contribution is -2.47. The van der Waals surface area contributed by atoms with E-state index in [1.807, 2.05) is 29.2 Å². The van der Waals surface area contributed by atoms with Crippen molar-refractivity contribution in [3.8, 4) is 0 Å². The van der Waals surface area contributed by atoms with Crippen molar-refractivity contribution in [2.24, 2.45) is 0 Å². The number of anilines is 2. The highest BCUT2D eigenvalue weighted by atomic mass is 35.5. The first kappa shape index (κ1) is 28.7. The van der Waals surface area contributed by atoms with Crippen LogP contribution in [0.2, 0.25) is 5.02 Å². The number of piperazine rings is 1. The molecule has 208 valence electrons. The average Bonchev–Trinajstić information content (AvgIpc) is 2.89. The van der Waals surface area contributed by atoms with Crippen LogP contribution in [0.3, 0.4) is 0 Å². The fourth-order valence-corrected chi connectivity index (χ4v) is 5.96. The van der Waals surface area contributed by atoms with Crippen LogP contribution in [0.4, 0.5) is 24.5 Å². The van der Waals surface area contributed by atoms with Crippen molar-refractivity contribution in [1.29, 1.82) is 0 Å². The molecule has 0 bridgehead atoms. The van der Waals surface area contributed by atoms with Crippen molar-refractivity contribution in [1.82, 2.24) is 9.80 Å². The second-order valence-corrected chi connectivity index (χ2v) is 11.7. The first-order chi connectivity index (χ1) is 18.1. The van der Waals surface area contributed by atoms with Crippen LogP contribution in [0.5, 0.6) is 0 Å². The van der Waals surface area contributed by atoms with Crippen molar-refractivity contribution in [3.05, 3.63) is 53.1 Å². The van der Waals surface area contributed by atoms with E-state index < -0.39 is 22.5 Å². The Morgan fingerprint density at radius 2 is 1.68 bits per heavy atom. The molecule has 1 amide bonds. The van der Waals surface area contributed by atoms with Gasteiger partial charge in [-0.15, -0.1) is 0 Å².